The van der Waals surface area contributed by atoms with E-state index in [9.17, 15) is 5.11 Å². The minimum atomic E-state index is -0.493. The molecule has 0 saturated heterocycles. The number of hydrogen-bond acceptors (Lipinski definition) is 3. The molecule has 1 aliphatic heterocycles. The Morgan fingerprint density at radius 2 is 2.25 bits per heavy atom. The van der Waals surface area contributed by atoms with E-state index in [4.69, 9.17) is 16.3 Å². The lowest BCUT2D eigenvalue weighted by Crippen LogP contribution is -2.33. The molecule has 1 N–H and O–H groups in total. The highest BCUT2D eigenvalue weighted by Gasteiger charge is 2.17. The fourth-order valence-corrected chi connectivity index (χ4v) is 1.99. The van der Waals surface area contributed by atoms with Crippen molar-refractivity contribution >= 4 is 17.3 Å². The van der Waals surface area contributed by atoms with Crippen LogP contribution in [-0.2, 0) is 0 Å². The number of fused-ring (bicyclic) bond motifs is 1. The fraction of sp³-hybridized carbons (Fsp3) is 0.500. The van der Waals surface area contributed by atoms with Crippen molar-refractivity contribution in [3.63, 3.8) is 0 Å². The highest BCUT2D eigenvalue weighted by molar-refractivity contribution is 6.18. The molecule has 16 heavy (non-hydrogen) atoms. The summed E-state index contributed by atoms with van der Waals surface area (Å²) < 4.78 is 5.64. The van der Waals surface area contributed by atoms with Crippen LogP contribution in [0.25, 0.3) is 0 Å². The first kappa shape index (κ1) is 11.6. The molecule has 3 nitrogen and oxygen atoms in total. The van der Waals surface area contributed by atoms with Crippen LogP contribution in [0.5, 0.6) is 5.75 Å². The standard InChI is InChI=1S/C12H16ClNO2/c13-8-10(15)9-14-6-3-7-16-12-5-2-1-4-11(12)14/h1-2,4-5,10,15H,3,6-9H2. The highest BCUT2D eigenvalue weighted by Crippen LogP contribution is 2.30. The van der Waals surface area contributed by atoms with Crippen molar-refractivity contribution in [2.24, 2.45) is 0 Å². The van der Waals surface area contributed by atoms with Gasteiger partial charge in [0.2, 0.25) is 0 Å². The van der Waals surface area contributed by atoms with Gasteiger partial charge in [-0.15, -0.1) is 11.6 Å². The van der Waals surface area contributed by atoms with E-state index in [0.29, 0.717) is 6.54 Å². The molecule has 2 rings (SSSR count). The van der Waals surface area contributed by atoms with Crippen LogP contribution in [0.4, 0.5) is 5.69 Å². The van der Waals surface area contributed by atoms with Crippen molar-refractivity contribution in [2.45, 2.75) is 12.5 Å². The molecule has 0 saturated carbocycles. The smallest absolute Gasteiger partial charge is 0.142 e. The van der Waals surface area contributed by atoms with Gasteiger partial charge in [-0.2, -0.15) is 0 Å². The van der Waals surface area contributed by atoms with Gasteiger partial charge < -0.3 is 14.7 Å². The van der Waals surface area contributed by atoms with Crippen molar-refractivity contribution in [2.75, 3.05) is 30.5 Å². The first-order valence-corrected chi connectivity index (χ1v) is 6.05. The molecule has 1 atom stereocenters. The zero-order valence-electron chi connectivity index (χ0n) is 9.10. The van der Waals surface area contributed by atoms with Gasteiger partial charge in [-0.3, -0.25) is 0 Å². The molecule has 0 spiro atoms. The van der Waals surface area contributed by atoms with Gasteiger partial charge in [0.15, 0.2) is 0 Å². The quantitative estimate of drug-likeness (QED) is 0.821. The van der Waals surface area contributed by atoms with Crippen molar-refractivity contribution in [3.8, 4) is 5.75 Å². The number of halogens is 1. The number of aliphatic hydroxyl groups is 1. The Kier molecular flexibility index (Phi) is 3.91. The number of nitrogens with zero attached hydrogens (tertiary/aromatic N) is 1. The lowest BCUT2D eigenvalue weighted by atomic mass is 10.2. The maximum Gasteiger partial charge on any atom is 0.142 e. The summed E-state index contributed by atoms with van der Waals surface area (Å²) in [5, 5.41) is 9.61. The Labute approximate surface area is 101 Å². The molecule has 0 radical (unpaired) electrons. The van der Waals surface area contributed by atoms with E-state index in [1.54, 1.807) is 0 Å². The molecular weight excluding hydrogens is 226 g/mol. The predicted molar refractivity (Wildman–Crippen MR) is 65.5 cm³/mol. The number of benzene rings is 1. The van der Waals surface area contributed by atoms with E-state index in [1.165, 1.54) is 0 Å². The van der Waals surface area contributed by atoms with Crippen molar-refractivity contribution < 1.29 is 9.84 Å². The number of rotatable bonds is 3. The number of aliphatic hydroxyl groups excluding tert-OH is 1. The molecule has 0 aliphatic carbocycles. The van der Waals surface area contributed by atoms with Crippen LogP contribution in [0.15, 0.2) is 24.3 Å². The maximum absolute atomic E-state index is 9.61. The SMILES string of the molecule is OC(CCl)CN1CCCOc2ccccc21. The normalized spacial score (nSPS) is 17.2. The molecule has 0 amide bonds. The Morgan fingerprint density at radius 1 is 1.44 bits per heavy atom. The fourth-order valence-electron chi connectivity index (χ4n) is 1.89. The summed E-state index contributed by atoms with van der Waals surface area (Å²) in [6.45, 7) is 2.18. The van der Waals surface area contributed by atoms with Crippen molar-refractivity contribution in [1.29, 1.82) is 0 Å². The summed E-state index contributed by atoms with van der Waals surface area (Å²) in [5.74, 6) is 1.15. The number of ether oxygens (including phenoxy) is 1. The van der Waals surface area contributed by atoms with E-state index in [2.05, 4.69) is 4.90 Å². The average molecular weight is 242 g/mol. The Hall–Kier alpha value is -0.930. The van der Waals surface area contributed by atoms with Crippen molar-refractivity contribution in [3.05, 3.63) is 24.3 Å². The van der Waals surface area contributed by atoms with Crippen LogP contribution < -0.4 is 9.64 Å². The minimum absolute atomic E-state index is 0.263. The zero-order chi connectivity index (χ0) is 11.4. The summed E-state index contributed by atoms with van der Waals surface area (Å²) in [6.07, 6.45) is 0.469. The van der Waals surface area contributed by atoms with E-state index >= 15 is 0 Å². The lowest BCUT2D eigenvalue weighted by molar-refractivity contribution is 0.203. The Morgan fingerprint density at radius 3 is 3.06 bits per heavy atom. The average Bonchev–Trinajstić information content (AvgIpc) is 2.52. The number of anilines is 1. The molecule has 1 aromatic rings. The van der Waals surface area contributed by atoms with Crippen LogP contribution in [0, 0.1) is 0 Å². The van der Waals surface area contributed by atoms with Gasteiger partial charge in [0.25, 0.3) is 0 Å². The third-order valence-electron chi connectivity index (χ3n) is 2.65. The molecule has 0 bridgehead atoms. The number of para-hydroxylation sites is 2. The van der Waals surface area contributed by atoms with E-state index in [1.807, 2.05) is 24.3 Å². The zero-order valence-corrected chi connectivity index (χ0v) is 9.86. The second-order valence-corrected chi connectivity index (χ2v) is 4.23. The highest BCUT2D eigenvalue weighted by atomic mass is 35.5. The molecule has 1 unspecified atom stereocenters. The Bertz CT molecular complexity index is 346. The molecular formula is C12H16ClNO2. The molecule has 1 aliphatic rings. The van der Waals surface area contributed by atoms with Gasteiger partial charge in [0, 0.05) is 13.1 Å². The van der Waals surface area contributed by atoms with Crippen LogP contribution >= 0.6 is 11.6 Å². The molecule has 1 aromatic carbocycles. The largest absolute Gasteiger partial charge is 0.491 e. The first-order valence-electron chi connectivity index (χ1n) is 5.52. The van der Waals surface area contributed by atoms with Gasteiger partial charge in [-0.1, -0.05) is 12.1 Å². The van der Waals surface area contributed by atoms with Crippen LogP contribution in [0.1, 0.15) is 6.42 Å². The van der Waals surface area contributed by atoms with Crippen molar-refractivity contribution in [1.82, 2.24) is 0 Å². The van der Waals surface area contributed by atoms with Crippen LogP contribution in [-0.4, -0.2) is 36.8 Å². The van der Waals surface area contributed by atoms with E-state index in [0.717, 1.165) is 31.0 Å². The Balaban J connectivity index is 2.19. The van der Waals surface area contributed by atoms with Crippen LogP contribution in [0.2, 0.25) is 0 Å². The third-order valence-corrected chi connectivity index (χ3v) is 3.00. The molecule has 1 heterocycles. The molecule has 88 valence electrons. The predicted octanol–water partition coefficient (Wildman–Crippen LogP) is 1.88. The minimum Gasteiger partial charge on any atom is -0.491 e. The maximum atomic E-state index is 9.61. The number of β-amino-alcohol motifs (C(OH)–C–C–N with tert-alkyl or cyclic N) is 1. The lowest BCUT2D eigenvalue weighted by Gasteiger charge is -2.25. The second kappa shape index (κ2) is 5.41. The molecule has 4 heteroatoms. The van der Waals surface area contributed by atoms with Gasteiger partial charge in [0.05, 0.1) is 24.3 Å². The van der Waals surface area contributed by atoms with E-state index < -0.39 is 6.10 Å². The second-order valence-electron chi connectivity index (χ2n) is 3.92. The van der Waals surface area contributed by atoms with Crippen LogP contribution in [0.3, 0.4) is 0 Å². The van der Waals surface area contributed by atoms with E-state index in [-0.39, 0.29) is 5.88 Å². The number of hydrogen-bond donors (Lipinski definition) is 1. The van der Waals surface area contributed by atoms with Gasteiger partial charge in [-0.05, 0) is 18.6 Å². The van der Waals surface area contributed by atoms with Gasteiger partial charge >= 0.3 is 0 Å². The summed E-state index contributed by atoms with van der Waals surface area (Å²) in [7, 11) is 0. The summed E-state index contributed by atoms with van der Waals surface area (Å²) in [6, 6.07) is 7.91. The van der Waals surface area contributed by atoms with Gasteiger partial charge in [0.1, 0.15) is 5.75 Å². The summed E-state index contributed by atoms with van der Waals surface area (Å²) in [4.78, 5) is 2.13. The third kappa shape index (κ3) is 2.60. The van der Waals surface area contributed by atoms with Gasteiger partial charge in [-0.25, -0.2) is 0 Å². The monoisotopic (exact) mass is 241 g/mol. The topological polar surface area (TPSA) is 32.7 Å². The number of alkyl halides is 1. The first-order chi connectivity index (χ1) is 7.81. The molecule has 0 fully saturated rings. The summed E-state index contributed by atoms with van der Waals surface area (Å²) >= 11 is 5.63. The summed E-state index contributed by atoms with van der Waals surface area (Å²) in [5.41, 5.74) is 1.05. The molecule has 0 aromatic heterocycles.